The molecule has 0 saturated carbocycles. The summed E-state index contributed by atoms with van der Waals surface area (Å²) >= 11 is 1.06. The summed E-state index contributed by atoms with van der Waals surface area (Å²) in [7, 11) is 0. The molecule has 1 aliphatic heterocycles. The molecular weight excluding hydrogens is 1340 g/mol. The minimum Gasteiger partial charge on any atom is -0.493 e. The van der Waals surface area contributed by atoms with Crippen LogP contribution in [0, 0.1) is 0 Å². The molecule has 0 aromatic heterocycles. The van der Waals surface area contributed by atoms with Crippen LogP contribution in [-0.4, -0.2) is 4.70 Å². The van der Waals surface area contributed by atoms with Crippen molar-refractivity contribution in [3.8, 4) is 0 Å². The van der Waals surface area contributed by atoms with E-state index in [0.717, 1.165) is 74.3 Å². The zero-order valence-corrected chi connectivity index (χ0v) is 73.2. The monoisotopic (exact) mass is 1520 g/mol. The van der Waals surface area contributed by atoms with Gasteiger partial charge in [0.1, 0.15) is 0 Å². The molecule has 2 aromatic rings. The van der Waals surface area contributed by atoms with Crippen LogP contribution in [0.25, 0.3) is 16.9 Å². The van der Waals surface area contributed by atoms with E-state index in [1.807, 2.05) is 0 Å². The third-order valence-corrected chi connectivity index (χ3v) is 25.4. The molecule has 2 aromatic carbocycles. The summed E-state index contributed by atoms with van der Waals surface area (Å²) in [6.07, 6.45) is 104. The van der Waals surface area contributed by atoms with E-state index in [-0.39, 0.29) is 0 Å². The predicted octanol–water partition coefficient (Wildman–Crippen LogP) is 36.0. The van der Waals surface area contributed by atoms with Crippen molar-refractivity contribution in [3.63, 3.8) is 0 Å². The molecule has 0 N–H and O–H groups in total. The second-order valence-electron chi connectivity index (χ2n) is 33.1. The van der Waals surface area contributed by atoms with Gasteiger partial charge >= 0.3 is 169 Å². The van der Waals surface area contributed by atoms with Crippen molar-refractivity contribution in [2.24, 2.45) is 0 Å². The Kier molecular flexibility index (Phi) is 70.1. The second-order valence-corrected chi connectivity index (χ2v) is 35.5. The van der Waals surface area contributed by atoms with Crippen LogP contribution in [0.3, 0.4) is 0 Å². The SMILES string of the molecule is CCCCCCCCCCCCCCCCCCCCCCCCC[CH2][Pd][CH2]CCCCCCCCCCCCCCCCCCCCCCCCC.CCCCCc1cc(C2=CC(CCCC)=C(c3cc(CCCCC)c(CCCC)c(CCCCC)c3)[N+]2=[N-])cc(CCCCC)c1CCCC. The number of hydrogen-bond donors (Lipinski definition) is 0. The molecule has 0 radical (unpaired) electrons. The standard InChI is InChI=1S/C48H76N2.2C26H53.Pd/c1-8-15-22-27-38-33-43(34-39(28-23-16-9-2)45(38)31-20-13-6)47-37-42(26-19-12-5)48(50(47)49)44-35-40(29-24-17-10-3)46(32-21-14-7)41(36-44)30-25-18-11-4;2*1-3-5-7-9-11-13-15-17-19-21-23-25-26-24-22-20-18-16-14-12-10-8-6-4-2;/h33-37H,8-32H2,1-7H3;2*1,3-26H2,2H3;. The number of unbranched alkanes of at least 4 members (excludes halogenated alkanes) is 57. The predicted molar refractivity (Wildman–Crippen MR) is 464 cm³/mol. The van der Waals surface area contributed by atoms with Gasteiger partial charge in [-0.3, -0.25) is 0 Å². The maximum atomic E-state index is 12.4. The van der Waals surface area contributed by atoms with Crippen molar-refractivity contribution >= 4 is 11.4 Å². The first kappa shape index (κ1) is 97.3. The smallest absolute Gasteiger partial charge is 0.493 e. The molecule has 602 valence electrons. The Morgan fingerprint density at radius 2 is 0.427 bits per heavy atom. The minimum absolute atomic E-state index is 0.983. The molecule has 0 aliphatic carbocycles. The average Bonchev–Trinajstić information content (AvgIpc) is 1.66. The summed E-state index contributed by atoms with van der Waals surface area (Å²) in [5.41, 5.74) is 27.5. The van der Waals surface area contributed by atoms with Crippen molar-refractivity contribution < 1.29 is 22.7 Å². The van der Waals surface area contributed by atoms with E-state index in [2.05, 4.69) is 92.7 Å². The molecule has 1 heterocycles. The van der Waals surface area contributed by atoms with E-state index in [1.165, 1.54) is 463 Å². The molecule has 1 aliphatic rings. The van der Waals surface area contributed by atoms with Crippen molar-refractivity contribution in [2.45, 2.75) is 541 Å². The van der Waals surface area contributed by atoms with Gasteiger partial charge in [-0.15, -0.1) is 0 Å². The first-order valence-corrected chi connectivity index (χ1v) is 49.8. The van der Waals surface area contributed by atoms with E-state index < -0.39 is 0 Å². The van der Waals surface area contributed by atoms with E-state index in [9.17, 15) is 5.53 Å². The Balaban J connectivity index is 0.000000701. The molecule has 103 heavy (non-hydrogen) atoms. The summed E-state index contributed by atoms with van der Waals surface area (Å²) in [4.78, 5) is 3.10. The minimum atomic E-state index is 0.983. The Morgan fingerprint density at radius 3 is 0.670 bits per heavy atom. The third-order valence-electron chi connectivity index (χ3n) is 23.2. The molecule has 0 unspecified atom stereocenters. The van der Waals surface area contributed by atoms with Crippen molar-refractivity contribution in [2.75, 3.05) is 0 Å². The van der Waals surface area contributed by atoms with Gasteiger partial charge < -0.3 is 5.53 Å². The number of nitrogens with zero attached hydrogens (tertiary/aromatic N) is 2. The first-order valence-electron chi connectivity index (χ1n) is 47.6. The van der Waals surface area contributed by atoms with E-state index in [1.54, 1.807) is 25.6 Å². The molecule has 0 fully saturated rings. The van der Waals surface area contributed by atoms with Crippen molar-refractivity contribution in [3.05, 3.63) is 86.0 Å². The van der Waals surface area contributed by atoms with Crippen molar-refractivity contribution in [1.82, 2.24) is 0 Å². The zero-order valence-electron chi connectivity index (χ0n) is 71.6. The molecule has 0 amide bonds. The van der Waals surface area contributed by atoms with Crippen LogP contribution in [0.2, 0.25) is 9.79 Å². The Bertz CT molecular complexity index is 2130. The van der Waals surface area contributed by atoms with Crippen LogP contribution in [-0.2, 0) is 56.5 Å². The third kappa shape index (κ3) is 52.1. The molecule has 2 nitrogen and oxygen atoms in total. The summed E-state index contributed by atoms with van der Waals surface area (Å²) in [6, 6.07) is 9.93. The number of benzene rings is 2. The fourth-order valence-electron chi connectivity index (χ4n) is 16.3. The first-order chi connectivity index (χ1) is 50.9. The number of hydrogen-bond acceptors (Lipinski definition) is 0. The van der Waals surface area contributed by atoms with Crippen LogP contribution in [0.4, 0.5) is 0 Å². The number of allylic oxidation sites excluding steroid dienone is 2. The summed E-state index contributed by atoms with van der Waals surface area (Å²) in [5, 5.41) is 0. The molecule has 0 spiro atoms. The fourth-order valence-corrected chi connectivity index (χ4v) is 18.3. The van der Waals surface area contributed by atoms with Gasteiger partial charge in [0.25, 0.3) is 0 Å². The van der Waals surface area contributed by atoms with Gasteiger partial charge in [0.2, 0.25) is 11.4 Å². The Hall–Kier alpha value is -1.82. The second kappa shape index (κ2) is 74.3. The summed E-state index contributed by atoms with van der Waals surface area (Å²) < 4.78 is 1.62. The number of aryl methyl sites for hydroxylation is 4. The fraction of sp³-hybridized carbons (Fsp3) is 0.840. The van der Waals surface area contributed by atoms with Crippen LogP contribution in [0.5, 0.6) is 0 Å². The quantitative estimate of drug-likeness (QED) is 0.0358. The summed E-state index contributed by atoms with van der Waals surface area (Å²) in [5.74, 6) is 0. The molecule has 0 saturated heterocycles. The average molecular weight is 1520 g/mol. The maximum absolute atomic E-state index is 12.4. The molecule has 3 rings (SSSR count). The van der Waals surface area contributed by atoms with Crippen LogP contribution < -0.4 is 0 Å². The number of rotatable bonds is 77. The Labute approximate surface area is 656 Å². The van der Waals surface area contributed by atoms with Gasteiger partial charge in [-0.05, 0) is 148 Å². The zero-order chi connectivity index (χ0) is 74.2. The van der Waals surface area contributed by atoms with Gasteiger partial charge in [-0.25, -0.2) is 4.70 Å². The van der Waals surface area contributed by atoms with Gasteiger partial charge in [0.05, 0.1) is 0 Å². The van der Waals surface area contributed by atoms with Gasteiger partial charge in [0.15, 0.2) is 0 Å². The van der Waals surface area contributed by atoms with E-state index in [4.69, 9.17) is 0 Å². The van der Waals surface area contributed by atoms with Crippen LogP contribution >= 0.6 is 0 Å². The van der Waals surface area contributed by atoms with Gasteiger partial charge in [-0.2, -0.15) is 0 Å². The molecular formula is C100H182N2Pd. The van der Waals surface area contributed by atoms with Crippen molar-refractivity contribution in [1.29, 1.82) is 0 Å². The summed E-state index contributed by atoms with van der Waals surface area (Å²) in [6.45, 7) is 20.8. The van der Waals surface area contributed by atoms with Gasteiger partial charge in [-0.1, -0.05) is 300 Å². The van der Waals surface area contributed by atoms with Crippen LogP contribution in [0.1, 0.15) is 537 Å². The van der Waals surface area contributed by atoms with E-state index in [0.29, 0.717) is 0 Å². The molecule has 0 bridgehead atoms. The van der Waals surface area contributed by atoms with Crippen LogP contribution in [0.15, 0.2) is 35.9 Å². The topological polar surface area (TPSA) is 25.3 Å². The van der Waals surface area contributed by atoms with Gasteiger partial charge in [0, 0.05) is 22.8 Å². The van der Waals surface area contributed by atoms with E-state index >= 15 is 0 Å². The Morgan fingerprint density at radius 1 is 0.223 bits per heavy atom. The normalized spacial score (nSPS) is 12.4. The molecule has 3 heteroatoms. The molecule has 0 atom stereocenters.